The van der Waals surface area contributed by atoms with Crippen LogP contribution in [-0.2, 0) is 22.7 Å². The Hall–Kier alpha value is -1.68. The fraction of sp³-hybridized carbons (Fsp3) is 0.385. The summed E-state index contributed by atoms with van der Waals surface area (Å²) in [5.41, 5.74) is 7.51. The van der Waals surface area contributed by atoms with Crippen molar-refractivity contribution in [2.45, 2.75) is 26.4 Å². The zero-order valence-corrected chi connectivity index (χ0v) is 9.85. The Morgan fingerprint density at radius 2 is 1.82 bits per heavy atom. The van der Waals surface area contributed by atoms with E-state index in [2.05, 4.69) is 0 Å². The Bertz CT molecular complexity index is 439. The van der Waals surface area contributed by atoms with E-state index in [1.54, 1.807) is 6.92 Å². The first-order chi connectivity index (χ1) is 8.11. The lowest BCUT2D eigenvalue weighted by atomic mass is 10.1. The fourth-order valence-corrected chi connectivity index (χ4v) is 1.98. The molecule has 1 heterocycles. The van der Waals surface area contributed by atoms with E-state index in [9.17, 15) is 9.59 Å². The molecule has 0 aromatic heterocycles. The largest absolute Gasteiger partial charge is 0.326 e. The van der Waals surface area contributed by atoms with Crippen LogP contribution in [0.1, 0.15) is 24.5 Å². The lowest BCUT2D eigenvalue weighted by Gasteiger charge is -2.14. The molecule has 0 spiro atoms. The Morgan fingerprint density at radius 1 is 1.24 bits per heavy atom. The SMILES string of the molecule is CC1CC(=O)N(Cc2ccc(CN)cc2)C1=O. The molecular formula is C13H16N2O2. The van der Waals surface area contributed by atoms with Crippen LogP contribution in [0, 0.1) is 5.92 Å². The van der Waals surface area contributed by atoms with Crippen molar-refractivity contribution >= 4 is 11.8 Å². The van der Waals surface area contributed by atoms with Crippen LogP contribution in [0.3, 0.4) is 0 Å². The number of imide groups is 1. The van der Waals surface area contributed by atoms with E-state index in [0.29, 0.717) is 19.5 Å². The Morgan fingerprint density at radius 3 is 2.29 bits per heavy atom. The van der Waals surface area contributed by atoms with Crippen LogP contribution in [0.5, 0.6) is 0 Å². The van der Waals surface area contributed by atoms with E-state index in [-0.39, 0.29) is 17.7 Å². The first-order valence-electron chi connectivity index (χ1n) is 5.74. The van der Waals surface area contributed by atoms with Gasteiger partial charge in [-0.1, -0.05) is 31.2 Å². The molecule has 0 aliphatic carbocycles. The van der Waals surface area contributed by atoms with Crippen molar-refractivity contribution in [3.63, 3.8) is 0 Å². The fourth-order valence-electron chi connectivity index (χ4n) is 1.98. The van der Waals surface area contributed by atoms with Crippen LogP contribution >= 0.6 is 0 Å². The lowest BCUT2D eigenvalue weighted by molar-refractivity contribution is -0.139. The second kappa shape index (κ2) is 4.67. The third kappa shape index (κ3) is 2.36. The molecule has 4 heteroatoms. The van der Waals surface area contributed by atoms with Gasteiger partial charge in [-0.2, -0.15) is 0 Å². The molecule has 0 bridgehead atoms. The molecule has 1 atom stereocenters. The zero-order valence-electron chi connectivity index (χ0n) is 9.85. The number of hydrogen-bond donors (Lipinski definition) is 1. The number of likely N-dealkylation sites (tertiary alicyclic amines) is 1. The summed E-state index contributed by atoms with van der Waals surface area (Å²) in [6.07, 6.45) is 0.333. The van der Waals surface area contributed by atoms with Crippen LogP contribution in [0.2, 0.25) is 0 Å². The molecular weight excluding hydrogens is 216 g/mol. The quantitative estimate of drug-likeness (QED) is 0.792. The summed E-state index contributed by atoms with van der Waals surface area (Å²) in [6, 6.07) is 7.66. The molecule has 90 valence electrons. The number of rotatable bonds is 3. The monoisotopic (exact) mass is 232 g/mol. The number of amides is 2. The van der Waals surface area contributed by atoms with Crippen molar-refractivity contribution in [3.05, 3.63) is 35.4 Å². The van der Waals surface area contributed by atoms with Crippen molar-refractivity contribution in [1.82, 2.24) is 4.90 Å². The molecule has 1 aliphatic heterocycles. The number of benzene rings is 1. The van der Waals surface area contributed by atoms with Crippen LogP contribution in [0.15, 0.2) is 24.3 Å². The summed E-state index contributed by atoms with van der Waals surface area (Å²) in [4.78, 5) is 24.7. The molecule has 4 nitrogen and oxygen atoms in total. The minimum atomic E-state index is -0.175. The molecule has 2 amide bonds. The molecule has 1 aromatic rings. The van der Waals surface area contributed by atoms with Gasteiger partial charge in [0.1, 0.15) is 0 Å². The number of carbonyl (C=O) groups excluding carboxylic acids is 2. The molecule has 0 saturated carbocycles. The Labute approximate surface area is 100 Å². The third-order valence-corrected chi connectivity index (χ3v) is 3.07. The van der Waals surface area contributed by atoms with Crippen LogP contribution in [0.4, 0.5) is 0 Å². The van der Waals surface area contributed by atoms with Crippen molar-refractivity contribution in [2.75, 3.05) is 0 Å². The van der Waals surface area contributed by atoms with Crippen molar-refractivity contribution in [2.24, 2.45) is 11.7 Å². The summed E-state index contributed by atoms with van der Waals surface area (Å²) in [5.74, 6) is -0.325. The number of nitrogens with two attached hydrogens (primary N) is 1. The van der Waals surface area contributed by atoms with E-state index >= 15 is 0 Å². The highest BCUT2D eigenvalue weighted by Gasteiger charge is 2.35. The number of nitrogens with zero attached hydrogens (tertiary/aromatic N) is 1. The van der Waals surface area contributed by atoms with Gasteiger partial charge in [-0.05, 0) is 11.1 Å². The summed E-state index contributed by atoms with van der Waals surface area (Å²) in [7, 11) is 0. The second-order valence-corrected chi connectivity index (χ2v) is 4.44. The molecule has 0 radical (unpaired) electrons. The Kier molecular flexibility index (Phi) is 3.24. The zero-order chi connectivity index (χ0) is 12.4. The van der Waals surface area contributed by atoms with Gasteiger partial charge in [-0.25, -0.2) is 0 Å². The molecule has 1 saturated heterocycles. The Balaban J connectivity index is 2.10. The second-order valence-electron chi connectivity index (χ2n) is 4.44. The first-order valence-corrected chi connectivity index (χ1v) is 5.74. The summed E-state index contributed by atoms with van der Waals surface area (Å²) >= 11 is 0. The highest BCUT2D eigenvalue weighted by atomic mass is 16.2. The van der Waals surface area contributed by atoms with Gasteiger partial charge in [0.05, 0.1) is 6.54 Å². The van der Waals surface area contributed by atoms with Gasteiger partial charge in [0.25, 0.3) is 0 Å². The standard InChI is InChI=1S/C13H16N2O2/c1-9-6-12(16)15(13(9)17)8-11-4-2-10(7-14)3-5-11/h2-5,9H,6-8,14H2,1H3. The van der Waals surface area contributed by atoms with Gasteiger partial charge in [0, 0.05) is 18.9 Å². The molecule has 2 N–H and O–H groups in total. The normalized spacial score (nSPS) is 20.1. The summed E-state index contributed by atoms with van der Waals surface area (Å²) in [6.45, 7) is 2.66. The highest BCUT2D eigenvalue weighted by Crippen LogP contribution is 2.21. The third-order valence-electron chi connectivity index (χ3n) is 3.07. The van der Waals surface area contributed by atoms with Crippen molar-refractivity contribution in [3.8, 4) is 0 Å². The topological polar surface area (TPSA) is 63.4 Å². The van der Waals surface area contributed by atoms with Crippen molar-refractivity contribution in [1.29, 1.82) is 0 Å². The van der Waals surface area contributed by atoms with Gasteiger partial charge in [-0.15, -0.1) is 0 Å². The maximum atomic E-state index is 11.7. The summed E-state index contributed by atoms with van der Waals surface area (Å²) in [5, 5.41) is 0. The van der Waals surface area contributed by atoms with Crippen molar-refractivity contribution < 1.29 is 9.59 Å². The van der Waals surface area contributed by atoms with Gasteiger partial charge >= 0.3 is 0 Å². The van der Waals surface area contributed by atoms with Crippen LogP contribution in [0.25, 0.3) is 0 Å². The molecule has 1 aliphatic rings. The average molecular weight is 232 g/mol. The maximum absolute atomic E-state index is 11.7. The minimum Gasteiger partial charge on any atom is -0.326 e. The first kappa shape index (κ1) is 11.8. The number of hydrogen-bond acceptors (Lipinski definition) is 3. The molecule has 1 unspecified atom stereocenters. The molecule has 2 rings (SSSR count). The maximum Gasteiger partial charge on any atom is 0.232 e. The molecule has 1 fully saturated rings. The predicted molar refractivity (Wildman–Crippen MR) is 63.7 cm³/mol. The van der Waals surface area contributed by atoms with Crippen LogP contribution in [-0.4, -0.2) is 16.7 Å². The molecule has 1 aromatic carbocycles. The van der Waals surface area contributed by atoms with Gasteiger partial charge < -0.3 is 5.73 Å². The van der Waals surface area contributed by atoms with E-state index in [0.717, 1.165) is 11.1 Å². The molecule has 17 heavy (non-hydrogen) atoms. The lowest BCUT2D eigenvalue weighted by Crippen LogP contribution is -2.29. The minimum absolute atomic E-state index is 0.0714. The van der Waals surface area contributed by atoms with Gasteiger partial charge in [-0.3, -0.25) is 14.5 Å². The van der Waals surface area contributed by atoms with E-state index < -0.39 is 0 Å². The van der Waals surface area contributed by atoms with E-state index in [1.807, 2.05) is 24.3 Å². The summed E-state index contributed by atoms with van der Waals surface area (Å²) < 4.78 is 0. The van der Waals surface area contributed by atoms with Crippen LogP contribution < -0.4 is 5.73 Å². The van der Waals surface area contributed by atoms with Gasteiger partial charge in [0.2, 0.25) is 11.8 Å². The number of carbonyl (C=O) groups is 2. The smallest absolute Gasteiger partial charge is 0.232 e. The van der Waals surface area contributed by atoms with Gasteiger partial charge in [0.15, 0.2) is 0 Å². The average Bonchev–Trinajstić information content (AvgIpc) is 2.57. The van der Waals surface area contributed by atoms with E-state index in [1.165, 1.54) is 4.90 Å². The highest BCUT2D eigenvalue weighted by molar-refractivity contribution is 6.03. The van der Waals surface area contributed by atoms with E-state index in [4.69, 9.17) is 5.73 Å². The predicted octanol–water partition coefficient (Wildman–Crippen LogP) is 1.04.